The van der Waals surface area contributed by atoms with Crippen molar-refractivity contribution in [3.05, 3.63) is 35.4 Å². The number of nitrogens with one attached hydrogen (secondary N) is 2. The molecule has 1 heterocycles. The smallest absolute Gasteiger partial charge is 0.191 e. The summed E-state index contributed by atoms with van der Waals surface area (Å²) in [7, 11) is 1.83. The second kappa shape index (κ2) is 12.6. The van der Waals surface area contributed by atoms with Gasteiger partial charge in [-0.15, -0.1) is 24.0 Å². The number of benzene rings is 1. The van der Waals surface area contributed by atoms with E-state index in [4.69, 9.17) is 4.74 Å². The maximum absolute atomic E-state index is 5.57. The lowest BCUT2D eigenvalue weighted by Crippen LogP contribution is -2.54. The number of hydrogen-bond donors (Lipinski definition) is 2. The zero-order chi connectivity index (χ0) is 18.8. The predicted octanol–water partition coefficient (Wildman–Crippen LogP) is 3.77. The van der Waals surface area contributed by atoms with E-state index >= 15 is 0 Å². The number of ether oxygens (including phenoxy) is 1. The fraction of sp³-hybridized carbons (Fsp3) is 0.667. The highest BCUT2D eigenvalue weighted by Crippen LogP contribution is 2.19. The van der Waals surface area contributed by atoms with Gasteiger partial charge < -0.3 is 15.4 Å². The highest BCUT2D eigenvalue weighted by Gasteiger charge is 2.27. The minimum atomic E-state index is 0. The van der Waals surface area contributed by atoms with Crippen LogP contribution in [0.1, 0.15) is 51.2 Å². The molecule has 0 radical (unpaired) electrons. The van der Waals surface area contributed by atoms with Gasteiger partial charge in [0.2, 0.25) is 0 Å². The summed E-state index contributed by atoms with van der Waals surface area (Å²) in [5, 5.41) is 6.95. The summed E-state index contributed by atoms with van der Waals surface area (Å²) in [6.45, 7) is 12.1. The lowest BCUT2D eigenvalue weighted by Gasteiger charge is -2.41. The van der Waals surface area contributed by atoms with Gasteiger partial charge in [0, 0.05) is 32.3 Å². The first-order chi connectivity index (χ1) is 12.6. The molecule has 0 aliphatic carbocycles. The van der Waals surface area contributed by atoms with Crippen molar-refractivity contribution in [1.82, 2.24) is 15.5 Å². The summed E-state index contributed by atoms with van der Waals surface area (Å²) >= 11 is 0. The number of guanidine groups is 1. The van der Waals surface area contributed by atoms with Crippen LogP contribution in [0, 0.1) is 0 Å². The Morgan fingerprint density at radius 2 is 1.78 bits per heavy atom. The van der Waals surface area contributed by atoms with Gasteiger partial charge in [-0.2, -0.15) is 0 Å². The first-order valence-corrected chi connectivity index (χ1v) is 9.91. The molecule has 0 unspecified atom stereocenters. The van der Waals surface area contributed by atoms with Gasteiger partial charge in [0.25, 0.3) is 0 Å². The normalized spacial score (nSPS) is 15.9. The molecule has 1 saturated heterocycles. The number of nitrogens with zero attached hydrogens (tertiary/aromatic N) is 2. The number of aliphatic imine (C=N–C) groups is 1. The van der Waals surface area contributed by atoms with Crippen molar-refractivity contribution < 1.29 is 4.74 Å². The third-order valence-corrected chi connectivity index (χ3v) is 5.15. The topological polar surface area (TPSA) is 48.9 Å². The Morgan fingerprint density at radius 3 is 2.41 bits per heavy atom. The fourth-order valence-electron chi connectivity index (χ4n) is 3.39. The molecule has 0 aromatic heterocycles. The third-order valence-electron chi connectivity index (χ3n) is 5.15. The molecule has 2 rings (SSSR count). The Morgan fingerprint density at radius 1 is 1.11 bits per heavy atom. The van der Waals surface area contributed by atoms with Crippen molar-refractivity contribution in [2.75, 3.05) is 33.3 Å². The molecule has 1 aromatic rings. The predicted molar refractivity (Wildman–Crippen MR) is 125 cm³/mol. The Bertz CT molecular complexity index is 571. The van der Waals surface area contributed by atoms with Crippen LogP contribution in [-0.4, -0.2) is 49.7 Å². The van der Waals surface area contributed by atoms with Gasteiger partial charge in [-0.05, 0) is 57.8 Å². The first kappa shape index (κ1) is 24.2. The zero-order valence-corrected chi connectivity index (χ0v) is 19.7. The summed E-state index contributed by atoms with van der Waals surface area (Å²) in [6, 6.07) is 8.41. The maximum Gasteiger partial charge on any atom is 0.191 e. The van der Waals surface area contributed by atoms with Crippen LogP contribution in [0.4, 0.5) is 0 Å². The van der Waals surface area contributed by atoms with Gasteiger partial charge in [-0.25, -0.2) is 0 Å². The average Bonchev–Trinajstić information content (AvgIpc) is 2.68. The first-order valence-electron chi connectivity index (χ1n) is 9.91. The number of halogens is 1. The van der Waals surface area contributed by atoms with Crippen molar-refractivity contribution >= 4 is 29.9 Å². The Labute approximate surface area is 182 Å². The molecule has 1 fully saturated rings. The molecule has 0 bridgehead atoms. The molecule has 6 heteroatoms. The minimum absolute atomic E-state index is 0. The second-order valence-corrected chi connectivity index (χ2v) is 7.55. The van der Waals surface area contributed by atoms with Gasteiger partial charge >= 0.3 is 0 Å². The molecule has 2 N–H and O–H groups in total. The molecule has 154 valence electrons. The van der Waals surface area contributed by atoms with Crippen molar-refractivity contribution in [2.24, 2.45) is 4.99 Å². The molecule has 0 amide bonds. The summed E-state index contributed by atoms with van der Waals surface area (Å²) in [5.41, 5.74) is 2.61. The summed E-state index contributed by atoms with van der Waals surface area (Å²) in [6.07, 6.45) is 3.99. The SMILES string of the molecule is CCOCc1ccccc1CNC(=NC)NCC(C)(C)N1CCCCC1.I. The molecular formula is C21H37IN4O. The minimum Gasteiger partial charge on any atom is -0.377 e. The number of rotatable bonds is 8. The fourth-order valence-corrected chi connectivity index (χ4v) is 3.39. The van der Waals surface area contributed by atoms with Gasteiger partial charge in [0.1, 0.15) is 0 Å². The molecule has 1 aliphatic heterocycles. The standard InChI is InChI=1S/C21H36N4O.HI/c1-5-26-16-19-12-8-7-11-18(19)15-23-20(22-4)24-17-21(2,3)25-13-9-6-10-14-25;/h7-8,11-12H,5-6,9-10,13-17H2,1-4H3,(H2,22,23,24);1H. The van der Waals surface area contributed by atoms with Gasteiger partial charge in [-0.1, -0.05) is 30.7 Å². The van der Waals surface area contributed by atoms with Crippen LogP contribution in [0.2, 0.25) is 0 Å². The Kier molecular flexibility index (Phi) is 11.3. The number of hydrogen-bond acceptors (Lipinski definition) is 3. The third kappa shape index (κ3) is 7.95. The number of likely N-dealkylation sites (tertiary alicyclic amines) is 1. The molecule has 0 spiro atoms. The monoisotopic (exact) mass is 488 g/mol. The van der Waals surface area contributed by atoms with Crippen LogP contribution < -0.4 is 10.6 Å². The largest absolute Gasteiger partial charge is 0.377 e. The lowest BCUT2D eigenvalue weighted by molar-refractivity contribution is 0.0982. The lowest BCUT2D eigenvalue weighted by atomic mass is 9.98. The van der Waals surface area contributed by atoms with Crippen molar-refractivity contribution in [1.29, 1.82) is 0 Å². The van der Waals surface area contributed by atoms with Crippen molar-refractivity contribution in [3.8, 4) is 0 Å². The molecule has 0 atom stereocenters. The molecule has 1 aliphatic rings. The highest BCUT2D eigenvalue weighted by molar-refractivity contribution is 14.0. The van der Waals surface area contributed by atoms with Gasteiger partial charge in [0.05, 0.1) is 6.61 Å². The van der Waals surface area contributed by atoms with Crippen LogP contribution in [0.25, 0.3) is 0 Å². The van der Waals surface area contributed by atoms with E-state index in [0.717, 1.165) is 25.7 Å². The van der Waals surface area contributed by atoms with Crippen molar-refractivity contribution in [2.45, 2.75) is 58.7 Å². The van der Waals surface area contributed by atoms with Crippen LogP contribution >= 0.6 is 24.0 Å². The van der Waals surface area contributed by atoms with E-state index in [1.165, 1.54) is 43.5 Å². The Balaban J connectivity index is 0.00000364. The second-order valence-electron chi connectivity index (χ2n) is 7.55. The van der Waals surface area contributed by atoms with Gasteiger partial charge in [0.15, 0.2) is 5.96 Å². The maximum atomic E-state index is 5.57. The summed E-state index contributed by atoms with van der Waals surface area (Å²) in [5.74, 6) is 0.848. The van der Waals surface area contributed by atoms with E-state index in [9.17, 15) is 0 Å². The number of piperidine rings is 1. The molecular weight excluding hydrogens is 451 g/mol. The van der Waals surface area contributed by atoms with Crippen molar-refractivity contribution in [3.63, 3.8) is 0 Å². The average molecular weight is 488 g/mol. The van der Waals surface area contributed by atoms with E-state index in [1.54, 1.807) is 0 Å². The van der Waals surface area contributed by atoms with Crippen LogP contribution in [0.15, 0.2) is 29.3 Å². The molecule has 1 aromatic carbocycles. The molecule has 27 heavy (non-hydrogen) atoms. The zero-order valence-electron chi connectivity index (χ0n) is 17.4. The van der Waals surface area contributed by atoms with Gasteiger partial charge in [-0.3, -0.25) is 9.89 Å². The van der Waals surface area contributed by atoms with E-state index in [0.29, 0.717) is 6.61 Å². The molecule has 0 saturated carbocycles. The highest BCUT2D eigenvalue weighted by atomic mass is 127. The Hall–Kier alpha value is -0.860. The van der Waals surface area contributed by atoms with Crippen LogP contribution in [0.5, 0.6) is 0 Å². The van der Waals surface area contributed by atoms with Crippen LogP contribution in [-0.2, 0) is 17.9 Å². The van der Waals surface area contributed by atoms with E-state index in [1.807, 2.05) is 14.0 Å². The van der Waals surface area contributed by atoms with Crippen LogP contribution in [0.3, 0.4) is 0 Å². The van der Waals surface area contributed by atoms with E-state index in [-0.39, 0.29) is 29.5 Å². The van der Waals surface area contributed by atoms with E-state index < -0.39 is 0 Å². The molecule has 5 nitrogen and oxygen atoms in total. The summed E-state index contributed by atoms with van der Waals surface area (Å²) < 4.78 is 5.57. The quantitative estimate of drug-likeness (QED) is 0.332. The van der Waals surface area contributed by atoms with E-state index in [2.05, 4.69) is 58.6 Å². The summed E-state index contributed by atoms with van der Waals surface area (Å²) in [4.78, 5) is 6.98.